The van der Waals surface area contributed by atoms with Gasteiger partial charge < -0.3 is 15.4 Å². The molecule has 0 bridgehead atoms. The lowest BCUT2D eigenvalue weighted by Crippen LogP contribution is -2.31. The number of ether oxygens (including phenoxy) is 1. The summed E-state index contributed by atoms with van der Waals surface area (Å²) in [5.41, 5.74) is 0.745. The van der Waals surface area contributed by atoms with Gasteiger partial charge in [-0.25, -0.2) is 4.98 Å². The number of Topliss-reactive ketones (excluding diaryl/α,β-unsaturated/α-hetero) is 1. The molecule has 158 valence electrons. The summed E-state index contributed by atoms with van der Waals surface area (Å²) in [5, 5.41) is 5.94. The van der Waals surface area contributed by atoms with Gasteiger partial charge >= 0.3 is 0 Å². The van der Waals surface area contributed by atoms with Crippen LogP contribution in [-0.4, -0.2) is 35.7 Å². The van der Waals surface area contributed by atoms with Crippen molar-refractivity contribution in [3.05, 3.63) is 18.2 Å². The number of amides is 2. The van der Waals surface area contributed by atoms with E-state index < -0.39 is 5.91 Å². The highest BCUT2D eigenvalue weighted by Gasteiger charge is 2.12. The molecule has 0 spiro atoms. The highest BCUT2D eigenvalue weighted by atomic mass is 32.1. The third-order valence-corrected chi connectivity index (χ3v) is 5.23. The second kappa shape index (κ2) is 12.2. The Bertz CT molecular complexity index is 834. The Labute approximate surface area is 175 Å². The SMILES string of the molecule is CCCCCC(=O)C(=O)NCCCCCOc1cccc2sc(NC(C)=O)nc12. The Balaban J connectivity index is 1.65. The number of hydrogen-bond acceptors (Lipinski definition) is 6. The fourth-order valence-corrected chi connectivity index (χ4v) is 3.71. The maximum atomic E-state index is 11.7. The molecular weight excluding hydrogens is 390 g/mol. The second-order valence-corrected chi connectivity index (χ2v) is 7.88. The summed E-state index contributed by atoms with van der Waals surface area (Å²) in [5.74, 6) is -0.248. The van der Waals surface area contributed by atoms with Crippen LogP contribution in [0.5, 0.6) is 5.75 Å². The minimum atomic E-state index is -0.470. The van der Waals surface area contributed by atoms with E-state index in [-0.39, 0.29) is 11.7 Å². The predicted octanol–water partition coefficient (Wildman–Crippen LogP) is 4.07. The first-order valence-electron chi connectivity index (χ1n) is 10.1. The van der Waals surface area contributed by atoms with E-state index in [4.69, 9.17) is 4.74 Å². The monoisotopic (exact) mass is 419 g/mol. The van der Waals surface area contributed by atoms with Gasteiger partial charge in [0.15, 0.2) is 5.13 Å². The number of benzene rings is 1. The molecule has 1 aromatic carbocycles. The molecule has 0 atom stereocenters. The van der Waals surface area contributed by atoms with E-state index >= 15 is 0 Å². The van der Waals surface area contributed by atoms with E-state index in [2.05, 4.69) is 22.5 Å². The molecule has 2 aromatic rings. The van der Waals surface area contributed by atoms with Crippen molar-refractivity contribution in [2.24, 2.45) is 0 Å². The fourth-order valence-electron chi connectivity index (χ4n) is 2.78. The largest absolute Gasteiger partial charge is 0.491 e. The zero-order chi connectivity index (χ0) is 21.1. The Morgan fingerprint density at radius 3 is 2.69 bits per heavy atom. The lowest BCUT2D eigenvalue weighted by molar-refractivity contribution is -0.138. The number of ketones is 1. The first-order chi connectivity index (χ1) is 14.0. The van der Waals surface area contributed by atoms with Crippen LogP contribution in [0.4, 0.5) is 5.13 Å². The summed E-state index contributed by atoms with van der Waals surface area (Å²) in [7, 11) is 0. The number of nitrogens with one attached hydrogen (secondary N) is 2. The van der Waals surface area contributed by atoms with Crippen molar-refractivity contribution in [2.45, 2.75) is 58.8 Å². The maximum absolute atomic E-state index is 11.7. The van der Waals surface area contributed by atoms with Gasteiger partial charge in [-0.15, -0.1) is 0 Å². The van der Waals surface area contributed by atoms with Gasteiger partial charge in [0.2, 0.25) is 11.7 Å². The van der Waals surface area contributed by atoms with Crippen LogP contribution < -0.4 is 15.4 Å². The number of carbonyl (C=O) groups excluding carboxylic acids is 3. The number of nitrogens with zero attached hydrogens (tertiary/aromatic N) is 1. The summed E-state index contributed by atoms with van der Waals surface area (Å²) in [6, 6.07) is 5.71. The highest BCUT2D eigenvalue weighted by Crippen LogP contribution is 2.32. The van der Waals surface area contributed by atoms with Crippen LogP contribution in [0.15, 0.2) is 18.2 Å². The van der Waals surface area contributed by atoms with E-state index in [9.17, 15) is 14.4 Å². The van der Waals surface area contributed by atoms with Crippen LogP contribution in [0.25, 0.3) is 10.2 Å². The molecule has 0 saturated carbocycles. The van der Waals surface area contributed by atoms with Crippen molar-refractivity contribution in [1.82, 2.24) is 10.3 Å². The topological polar surface area (TPSA) is 97.4 Å². The number of carbonyl (C=O) groups is 3. The molecule has 8 heteroatoms. The summed E-state index contributed by atoms with van der Waals surface area (Å²) >= 11 is 1.41. The molecule has 2 rings (SSSR count). The van der Waals surface area contributed by atoms with E-state index in [0.717, 1.165) is 48.7 Å². The summed E-state index contributed by atoms with van der Waals surface area (Å²) in [6.07, 6.45) is 5.63. The minimum absolute atomic E-state index is 0.152. The summed E-state index contributed by atoms with van der Waals surface area (Å²) < 4.78 is 6.80. The van der Waals surface area contributed by atoms with Crippen molar-refractivity contribution in [3.8, 4) is 5.75 Å². The van der Waals surface area contributed by atoms with E-state index in [1.807, 2.05) is 18.2 Å². The van der Waals surface area contributed by atoms with Gasteiger partial charge in [0.05, 0.1) is 11.3 Å². The number of hydrogen-bond donors (Lipinski definition) is 2. The molecule has 1 heterocycles. The molecule has 0 aliphatic rings. The second-order valence-electron chi connectivity index (χ2n) is 6.85. The molecule has 0 unspecified atom stereocenters. The molecule has 7 nitrogen and oxygen atoms in total. The molecule has 0 aliphatic carbocycles. The molecule has 2 N–H and O–H groups in total. The van der Waals surface area contributed by atoms with Gasteiger partial charge in [-0.1, -0.05) is 37.2 Å². The summed E-state index contributed by atoms with van der Waals surface area (Å²) in [4.78, 5) is 39.0. The van der Waals surface area contributed by atoms with Crippen LogP contribution in [0.2, 0.25) is 0 Å². The number of fused-ring (bicyclic) bond motifs is 1. The lowest BCUT2D eigenvalue weighted by Gasteiger charge is -2.07. The number of aromatic nitrogens is 1. The van der Waals surface area contributed by atoms with E-state index in [1.165, 1.54) is 18.3 Å². The number of unbranched alkanes of at least 4 members (excludes halogenated alkanes) is 4. The Hall–Kier alpha value is -2.48. The van der Waals surface area contributed by atoms with Crippen molar-refractivity contribution in [3.63, 3.8) is 0 Å². The van der Waals surface area contributed by atoms with Crippen LogP contribution in [0.3, 0.4) is 0 Å². The van der Waals surface area contributed by atoms with Crippen LogP contribution in [-0.2, 0) is 14.4 Å². The molecule has 0 aliphatic heterocycles. The molecule has 0 fully saturated rings. The first kappa shape index (κ1) is 22.8. The van der Waals surface area contributed by atoms with Gasteiger partial charge in [0.25, 0.3) is 5.91 Å². The first-order valence-corrected chi connectivity index (χ1v) is 10.9. The molecular formula is C21H29N3O4S. The number of thiazole rings is 1. The molecule has 0 radical (unpaired) electrons. The Morgan fingerprint density at radius 1 is 1.10 bits per heavy atom. The van der Waals surface area contributed by atoms with Crippen molar-refractivity contribution >= 4 is 44.3 Å². The van der Waals surface area contributed by atoms with E-state index in [0.29, 0.717) is 30.5 Å². The maximum Gasteiger partial charge on any atom is 0.287 e. The average Bonchev–Trinajstić information content (AvgIpc) is 3.09. The van der Waals surface area contributed by atoms with Gasteiger partial charge in [0.1, 0.15) is 11.3 Å². The number of para-hydroxylation sites is 1. The zero-order valence-corrected chi connectivity index (χ0v) is 17.9. The smallest absolute Gasteiger partial charge is 0.287 e. The third-order valence-electron chi connectivity index (χ3n) is 4.29. The quantitative estimate of drug-likeness (QED) is 0.377. The molecule has 2 amide bonds. The lowest BCUT2D eigenvalue weighted by atomic mass is 10.1. The molecule has 1 aromatic heterocycles. The number of rotatable bonds is 13. The highest BCUT2D eigenvalue weighted by molar-refractivity contribution is 7.22. The van der Waals surface area contributed by atoms with Crippen molar-refractivity contribution < 1.29 is 19.1 Å². The minimum Gasteiger partial charge on any atom is -0.491 e. The zero-order valence-electron chi connectivity index (χ0n) is 17.1. The number of anilines is 1. The third kappa shape index (κ3) is 7.81. The average molecular weight is 420 g/mol. The normalized spacial score (nSPS) is 10.7. The summed E-state index contributed by atoms with van der Waals surface area (Å²) in [6.45, 7) is 4.55. The fraction of sp³-hybridized carbons (Fsp3) is 0.524. The van der Waals surface area contributed by atoms with E-state index in [1.54, 1.807) is 0 Å². The van der Waals surface area contributed by atoms with Gasteiger partial charge in [-0.05, 0) is 37.8 Å². The van der Waals surface area contributed by atoms with Crippen molar-refractivity contribution in [2.75, 3.05) is 18.5 Å². The molecule has 29 heavy (non-hydrogen) atoms. The van der Waals surface area contributed by atoms with Gasteiger partial charge in [0, 0.05) is 19.9 Å². The van der Waals surface area contributed by atoms with Crippen LogP contribution in [0.1, 0.15) is 58.8 Å². The Kier molecular flexibility index (Phi) is 9.56. The standard InChI is InChI=1S/C21H29N3O4S/c1-3-4-6-10-16(26)20(27)22-13-7-5-8-14-28-17-11-9-12-18-19(17)24-21(29-18)23-15(2)25/h9,11-12H,3-8,10,13-14H2,1-2H3,(H,22,27)(H,23,24,25). The van der Waals surface area contributed by atoms with Crippen molar-refractivity contribution in [1.29, 1.82) is 0 Å². The van der Waals surface area contributed by atoms with Gasteiger partial charge in [-0.2, -0.15) is 0 Å². The van der Waals surface area contributed by atoms with Gasteiger partial charge in [-0.3, -0.25) is 14.4 Å². The Morgan fingerprint density at radius 2 is 1.93 bits per heavy atom. The van der Waals surface area contributed by atoms with Crippen LogP contribution in [0, 0.1) is 0 Å². The van der Waals surface area contributed by atoms with Crippen LogP contribution >= 0.6 is 11.3 Å². The predicted molar refractivity (Wildman–Crippen MR) is 115 cm³/mol. The molecule has 0 saturated heterocycles.